The Morgan fingerprint density at radius 1 is 1.14 bits per heavy atom. The van der Waals surface area contributed by atoms with Gasteiger partial charge in [-0.3, -0.25) is 0 Å². The van der Waals surface area contributed by atoms with Crippen LogP contribution in [0.25, 0.3) is 10.9 Å². The number of nitrogens with zero attached hydrogens (tertiary/aromatic N) is 3. The third-order valence-electron chi connectivity index (χ3n) is 4.87. The normalized spacial score (nSPS) is 15.2. The van der Waals surface area contributed by atoms with E-state index in [-0.39, 0.29) is 5.56 Å². The van der Waals surface area contributed by atoms with E-state index in [1.165, 1.54) is 12.1 Å². The van der Waals surface area contributed by atoms with Gasteiger partial charge in [-0.25, -0.2) is 28.1 Å². The van der Waals surface area contributed by atoms with E-state index in [1.54, 1.807) is 19.9 Å². The van der Waals surface area contributed by atoms with Crippen molar-refractivity contribution in [1.29, 1.82) is 0 Å². The molecule has 4 nitrogen and oxygen atoms in total. The van der Waals surface area contributed by atoms with Crippen molar-refractivity contribution in [3.8, 4) is 0 Å². The Hall–Kier alpha value is -2.41. The smallest absolute Gasteiger partial charge is 0.266 e. The lowest BCUT2D eigenvalue weighted by Crippen LogP contribution is -2.12. The van der Waals surface area contributed by atoms with Gasteiger partial charge in [-0.2, -0.15) is 0 Å². The molecule has 3 aromatic rings. The van der Waals surface area contributed by atoms with Gasteiger partial charge in [0.25, 0.3) is 6.43 Å². The zero-order valence-electron chi connectivity index (χ0n) is 15.3. The maximum atomic E-state index is 14.5. The van der Waals surface area contributed by atoms with Gasteiger partial charge in [-0.1, -0.05) is 29.8 Å². The van der Waals surface area contributed by atoms with Crippen molar-refractivity contribution in [1.82, 2.24) is 15.0 Å². The summed E-state index contributed by atoms with van der Waals surface area (Å²) in [4.78, 5) is 13.4. The lowest BCUT2D eigenvalue weighted by Gasteiger charge is -2.19. The number of aryl methyl sites for hydroxylation is 1. The number of halogens is 4. The van der Waals surface area contributed by atoms with Crippen LogP contribution in [0.15, 0.2) is 24.3 Å². The van der Waals surface area contributed by atoms with Gasteiger partial charge in [0.1, 0.15) is 22.6 Å². The highest BCUT2D eigenvalue weighted by atomic mass is 35.5. The Bertz CT molecular complexity index is 1050. The highest BCUT2D eigenvalue weighted by molar-refractivity contribution is 6.30. The van der Waals surface area contributed by atoms with Crippen LogP contribution >= 0.6 is 11.6 Å². The highest BCUT2D eigenvalue weighted by Gasteiger charge is 2.29. The van der Waals surface area contributed by atoms with Gasteiger partial charge in [-0.15, -0.1) is 0 Å². The van der Waals surface area contributed by atoms with E-state index in [1.807, 2.05) is 0 Å². The fraction of sp³-hybridized carbons (Fsp3) is 0.350. The molecular weight excluding hydrogens is 389 g/mol. The van der Waals surface area contributed by atoms with E-state index in [9.17, 15) is 13.2 Å². The average Bonchev–Trinajstić information content (AvgIpc) is 3.46. The van der Waals surface area contributed by atoms with Gasteiger partial charge in [0.2, 0.25) is 0 Å². The summed E-state index contributed by atoms with van der Waals surface area (Å²) in [5.41, 5.74) is 1.09. The first-order chi connectivity index (χ1) is 13.3. The lowest BCUT2D eigenvalue weighted by atomic mass is 10.0. The first-order valence-electron chi connectivity index (χ1n) is 9.03. The summed E-state index contributed by atoms with van der Waals surface area (Å²) in [7, 11) is 0. The number of hydrogen-bond acceptors (Lipinski definition) is 4. The highest BCUT2D eigenvalue weighted by Crippen LogP contribution is 2.43. The number of alkyl halides is 2. The lowest BCUT2D eigenvalue weighted by molar-refractivity contribution is 0.146. The quantitative estimate of drug-likeness (QED) is 0.519. The minimum atomic E-state index is -2.87. The monoisotopic (exact) mass is 406 g/mol. The molecule has 0 radical (unpaired) electrons. The van der Waals surface area contributed by atoms with Gasteiger partial charge >= 0.3 is 0 Å². The van der Waals surface area contributed by atoms with E-state index >= 15 is 0 Å². The maximum absolute atomic E-state index is 14.5. The summed E-state index contributed by atoms with van der Waals surface area (Å²) >= 11 is 6.20. The van der Waals surface area contributed by atoms with Crippen molar-refractivity contribution in [2.75, 3.05) is 5.32 Å². The molecule has 0 spiro atoms. The van der Waals surface area contributed by atoms with Crippen LogP contribution in [0.5, 0.6) is 0 Å². The maximum Gasteiger partial charge on any atom is 0.266 e. The van der Waals surface area contributed by atoms with E-state index in [2.05, 4.69) is 20.3 Å². The molecule has 1 saturated carbocycles. The number of pyridine rings is 1. The minimum Gasteiger partial charge on any atom is -0.363 e. The third kappa shape index (κ3) is 3.51. The number of anilines is 1. The number of nitrogens with one attached hydrogen (secondary N) is 1. The van der Waals surface area contributed by atoms with Crippen LogP contribution in [0.3, 0.4) is 0 Å². The number of benzene rings is 1. The summed E-state index contributed by atoms with van der Waals surface area (Å²) in [6, 6.07) is 5.08. The second kappa shape index (κ2) is 7.20. The van der Waals surface area contributed by atoms with Crippen LogP contribution in [0.2, 0.25) is 5.15 Å². The van der Waals surface area contributed by atoms with Crippen LogP contribution in [0, 0.1) is 12.7 Å². The van der Waals surface area contributed by atoms with Crippen molar-refractivity contribution in [3.63, 3.8) is 0 Å². The predicted octanol–water partition coefficient (Wildman–Crippen LogP) is 6.11. The fourth-order valence-corrected chi connectivity index (χ4v) is 3.54. The molecule has 4 rings (SSSR count). The van der Waals surface area contributed by atoms with E-state index in [0.717, 1.165) is 30.1 Å². The third-order valence-corrected chi connectivity index (χ3v) is 5.06. The van der Waals surface area contributed by atoms with Gasteiger partial charge in [0, 0.05) is 16.9 Å². The molecule has 1 aromatic carbocycles. The van der Waals surface area contributed by atoms with E-state index < -0.39 is 23.8 Å². The number of aromatic nitrogens is 3. The van der Waals surface area contributed by atoms with Crippen molar-refractivity contribution < 1.29 is 13.2 Å². The molecule has 0 aliphatic heterocycles. The molecule has 0 unspecified atom stereocenters. The van der Waals surface area contributed by atoms with E-state index in [4.69, 9.17) is 11.6 Å². The van der Waals surface area contributed by atoms with Crippen LogP contribution in [0.1, 0.15) is 60.8 Å². The van der Waals surface area contributed by atoms with Gasteiger partial charge in [0.05, 0.1) is 22.8 Å². The summed E-state index contributed by atoms with van der Waals surface area (Å²) < 4.78 is 40.6. The molecule has 0 bridgehead atoms. The summed E-state index contributed by atoms with van der Waals surface area (Å²) in [5, 5.41) is 4.16. The Morgan fingerprint density at radius 3 is 2.54 bits per heavy atom. The standard InChI is InChI=1S/C20H18ClF3N4/c1-9(12-4-3-5-13(16(12)22)19(23)24)25-20-14-8-15(21)28-17(11-6-7-11)18(14)26-10(2)27-20/h3-5,8-9,11,19H,6-7H2,1-2H3,(H,25,26,27)/t9-/m1/s1. The number of fused-ring (bicyclic) bond motifs is 1. The van der Waals surface area contributed by atoms with Crippen LogP contribution in [0.4, 0.5) is 19.0 Å². The van der Waals surface area contributed by atoms with Crippen LogP contribution < -0.4 is 5.32 Å². The first-order valence-corrected chi connectivity index (χ1v) is 9.40. The van der Waals surface area contributed by atoms with Gasteiger partial charge in [0.15, 0.2) is 0 Å². The van der Waals surface area contributed by atoms with Crippen molar-refractivity contribution in [3.05, 3.63) is 57.9 Å². The molecular formula is C20H18ClF3N4. The fourth-order valence-electron chi connectivity index (χ4n) is 3.34. The predicted molar refractivity (Wildman–Crippen MR) is 102 cm³/mol. The first kappa shape index (κ1) is 18.9. The Morgan fingerprint density at radius 2 is 1.86 bits per heavy atom. The van der Waals surface area contributed by atoms with Crippen molar-refractivity contribution in [2.45, 2.75) is 45.1 Å². The SMILES string of the molecule is Cc1nc(N[C@H](C)c2cccc(C(F)F)c2F)c2cc(Cl)nc(C3CC3)c2n1. The van der Waals surface area contributed by atoms with Crippen LogP contribution in [-0.4, -0.2) is 15.0 Å². The summed E-state index contributed by atoms with van der Waals surface area (Å²) in [5.74, 6) is 0.435. The van der Waals surface area contributed by atoms with Crippen molar-refractivity contribution >= 4 is 28.3 Å². The summed E-state index contributed by atoms with van der Waals surface area (Å²) in [6.45, 7) is 3.46. The molecule has 1 aliphatic rings. The molecule has 8 heteroatoms. The molecule has 1 fully saturated rings. The second-order valence-corrected chi connectivity index (χ2v) is 7.42. The van der Waals surface area contributed by atoms with E-state index in [0.29, 0.717) is 28.1 Å². The molecule has 0 saturated heterocycles. The average molecular weight is 407 g/mol. The molecule has 1 N–H and O–H groups in total. The Balaban J connectivity index is 1.77. The van der Waals surface area contributed by atoms with Crippen molar-refractivity contribution in [2.24, 2.45) is 0 Å². The molecule has 2 heterocycles. The summed E-state index contributed by atoms with van der Waals surface area (Å²) in [6.07, 6.45) is -0.799. The van der Waals surface area contributed by atoms with Gasteiger partial charge in [-0.05, 0) is 32.8 Å². The molecule has 28 heavy (non-hydrogen) atoms. The zero-order valence-corrected chi connectivity index (χ0v) is 16.1. The van der Waals surface area contributed by atoms with Gasteiger partial charge < -0.3 is 5.32 Å². The topological polar surface area (TPSA) is 50.7 Å². The zero-order chi connectivity index (χ0) is 20.0. The molecule has 2 aromatic heterocycles. The number of rotatable bonds is 5. The Kier molecular flexibility index (Phi) is 4.87. The molecule has 0 amide bonds. The largest absolute Gasteiger partial charge is 0.363 e. The molecule has 146 valence electrons. The molecule has 1 aliphatic carbocycles. The molecule has 1 atom stereocenters. The minimum absolute atomic E-state index is 0.143. The number of hydrogen-bond donors (Lipinski definition) is 1. The second-order valence-electron chi connectivity index (χ2n) is 7.04. The Labute approximate surface area is 165 Å². The van der Waals surface area contributed by atoms with Crippen LogP contribution in [-0.2, 0) is 0 Å².